The maximum atomic E-state index is 13.9. The molecule has 2 aromatic heterocycles. The second-order valence-corrected chi connectivity index (χ2v) is 16.6. The molecule has 1 aliphatic heterocycles. The van der Waals surface area contributed by atoms with Crippen molar-refractivity contribution in [1.82, 2.24) is 25.5 Å². The molecule has 298 valence electrons. The fourth-order valence-corrected chi connectivity index (χ4v) is 7.54. The summed E-state index contributed by atoms with van der Waals surface area (Å²) in [5.74, 6) is -1.31. The molecule has 1 saturated heterocycles. The summed E-state index contributed by atoms with van der Waals surface area (Å²) in [6.45, 7) is 10.1. The number of carboxylic acid groups (broad SMARTS) is 1. The first kappa shape index (κ1) is 42.1. The largest absolute Gasteiger partial charge is 0.494 e. The first-order chi connectivity index (χ1) is 26.9. The molecule has 3 amide bonds. The van der Waals surface area contributed by atoms with Gasteiger partial charge in [-0.25, -0.2) is 9.97 Å². The van der Waals surface area contributed by atoms with Gasteiger partial charge in [0.05, 0.1) is 17.9 Å². The highest BCUT2D eigenvalue weighted by Gasteiger charge is 2.32. The Hall–Kier alpha value is -5.10. The van der Waals surface area contributed by atoms with Crippen LogP contribution in [-0.2, 0) is 26.2 Å². The van der Waals surface area contributed by atoms with Gasteiger partial charge < -0.3 is 25.4 Å². The third-order valence-corrected chi connectivity index (χ3v) is 11.4. The van der Waals surface area contributed by atoms with Crippen LogP contribution >= 0.6 is 11.3 Å². The standard InChI is InChI=1S/C44H55N5O6S/c1-5-6-7-8-12-25-55-34-19-17-31(18-20-34)33-28-45-40(46-29-33)32-15-13-30(14-16-32)26-35(47-42(53)37-21-22-38(56-37)44(2,3)4)41(52)48-36(27-39(50)51)43(54)49-23-10-9-11-24-49/h13-22,28-29,35-36H,5-12,23-27H2,1-4H3,(H,47,53)(H,48,52)(H,50,51)/t35-,36-/m0/s1. The van der Waals surface area contributed by atoms with Crippen LogP contribution in [0.5, 0.6) is 5.75 Å². The highest BCUT2D eigenvalue weighted by Crippen LogP contribution is 2.30. The molecule has 0 unspecified atom stereocenters. The first-order valence-corrected chi connectivity index (χ1v) is 20.6. The van der Waals surface area contributed by atoms with Crippen LogP contribution in [0.3, 0.4) is 0 Å². The monoisotopic (exact) mass is 781 g/mol. The third kappa shape index (κ3) is 12.2. The molecule has 1 aliphatic rings. The van der Waals surface area contributed by atoms with Crippen molar-refractivity contribution in [3.8, 4) is 28.3 Å². The van der Waals surface area contributed by atoms with Crippen molar-refractivity contribution in [2.75, 3.05) is 19.7 Å². The van der Waals surface area contributed by atoms with Gasteiger partial charge in [-0.2, -0.15) is 0 Å². The van der Waals surface area contributed by atoms with Crippen LogP contribution < -0.4 is 15.4 Å². The van der Waals surface area contributed by atoms with Crippen molar-refractivity contribution in [1.29, 1.82) is 0 Å². The van der Waals surface area contributed by atoms with E-state index in [0.29, 0.717) is 30.4 Å². The lowest BCUT2D eigenvalue weighted by molar-refractivity contribution is -0.144. The lowest BCUT2D eigenvalue weighted by Crippen LogP contribution is -2.56. The summed E-state index contributed by atoms with van der Waals surface area (Å²) >= 11 is 1.36. The van der Waals surface area contributed by atoms with Gasteiger partial charge in [-0.1, -0.05) is 89.8 Å². The van der Waals surface area contributed by atoms with Crippen LogP contribution in [0.15, 0.2) is 73.1 Å². The topological polar surface area (TPSA) is 151 Å². The zero-order chi connectivity index (χ0) is 40.1. The molecule has 11 nitrogen and oxygen atoms in total. The number of hydrogen-bond donors (Lipinski definition) is 3. The van der Waals surface area contributed by atoms with Crippen molar-refractivity contribution in [3.63, 3.8) is 0 Å². The molecule has 0 spiro atoms. The number of piperidine rings is 1. The zero-order valence-electron chi connectivity index (χ0n) is 33.0. The molecule has 1 fully saturated rings. The Kier molecular flexibility index (Phi) is 15.2. The van der Waals surface area contributed by atoms with E-state index in [0.717, 1.165) is 58.6 Å². The van der Waals surface area contributed by atoms with Crippen LogP contribution in [0, 0.1) is 0 Å². The average Bonchev–Trinajstić information content (AvgIpc) is 3.71. The Morgan fingerprint density at radius 1 is 0.804 bits per heavy atom. The number of carboxylic acids is 1. The van der Waals surface area contributed by atoms with Crippen LogP contribution in [-0.4, -0.2) is 75.4 Å². The molecule has 0 radical (unpaired) electrons. The SMILES string of the molecule is CCCCCCCOc1ccc(-c2cnc(-c3ccc(C[C@H](NC(=O)c4ccc(C(C)(C)C)s4)C(=O)N[C@@H](CC(=O)O)C(=O)N4CCCCC4)cc3)nc2)cc1. The van der Waals surface area contributed by atoms with Gasteiger partial charge in [-0.05, 0) is 66.5 Å². The van der Waals surface area contributed by atoms with E-state index in [1.165, 1.54) is 37.0 Å². The number of hydrogen-bond acceptors (Lipinski definition) is 8. The number of thiophene rings is 1. The number of amides is 3. The summed E-state index contributed by atoms with van der Waals surface area (Å²) in [6.07, 6.45) is 11.7. The summed E-state index contributed by atoms with van der Waals surface area (Å²) in [6, 6.07) is 16.6. The summed E-state index contributed by atoms with van der Waals surface area (Å²) in [5.41, 5.74) is 3.22. The number of rotatable bonds is 18. The number of likely N-dealkylation sites (tertiary alicyclic amines) is 1. The molecular weight excluding hydrogens is 727 g/mol. The molecule has 5 rings (SSSR count). The Bertz CT molecular complexity index is 1900. The lowest BCUT2D eigenvalue weighted by Gasteiger charge is -2.31. The van der Waals surface area contributed by atoms with Crippen LogP contribution in [0.1, 0.15) is 106 Å². The molecular formula is C44H55N5O6S. The molecule has 2 atom stereocenters. The molecule has 3 heterocycles. The molecule has 0 bridgehead atoms. The predicted octanol–water partition coefficient (Wildman–Crippen LogP) is 7.83. The van der Waals surface area contributed by atoms with E-state index in [4.69, 9.17) is 4.74 Å². The van der Waals surface area contributed by atoms with Crippen LogP contribution in [0.4, 0.5) is 0 Å². The molecule has 12 heteroatoms. The molecule has 0 aliphatic carbocycles. The average molecular weight is 782 g/mol. The molecule has 4 aromatic rings. The summed E-state index contributed by atoms with van der Waals surface area (Å²) in [7, 11) is 0. The molecule has 56 heavy (non-hydrogen) atoms. The van der Waals surface area contributed by atoms with Crippen LogP contribution in [0.2, 0.25) is 0 Å². The number of nitrogens with zero attached hydrogens (tertiary/aromatic N) is 3. The Morgan fingerprint density at radius 2 is 1.46 bits per heavy atom. The molecule has 2 aromatic carbocycles. The lowest BCUT2D eigenvalue weighted by atomic mass is 9.95. The number of unbranched alkanes of at least 4 members (excludes halogenated alkanes) is 4. The maximum Gasteiger partial charge on any atom is 0.305 e. The van der Waals surface area contributed by atoms with E-state index in [1.54, 1.807) is 23.4 Å². The van der Waals surface area contributed by atoms with Crippen molar-refractivity contribution in [2.24, 2.45) is 0 Å². The number of carbonyl (C=O) groups is 4. The predicted molar refractivity (Wildman–Crippen MR) is 220 cm³/mol. The smallest absolute Gasteiger partial charge is 0.305 e. The van der Waals surface area contributed by atoms with Crippen molar-refractivity contribution < 1.29 is 29.0 Å². The first-order valence-electron chi connectivity index (χ1n) is 19.8. The minimum absolute atomic E-state index is 0.103. The quantitative estimate of drug-likeness (QED) is 0.0865. The highest BCUT2D eigenvalue weighted by atomic mass is 32.1. The summed E-state index contributed by atoms with van der Waals surface area (Å²) in [4.78, 5) is 64.9. The number of ether oxygens (including phenoxy) is 1. The van der Waals surface area contributed by atoms with Gasteiger partial charge in [-0.3, -0.25) is 19.2 Å². The molecule has 0 saturated carbocycles. The Balaban J connectivity index is 1.27. The fourth-order valence-electron chi connectivity index (χ4n) is 6.57. The van der Waals surface area contributed by atoms with Crippen molar-refractivity contribution in [2.45, 2.75) is 109 Å². The fraction of sp³-hybridized carbons (Fsp3) is 0.455. The van der Waals surface area contributed by atoms with Crippen LogP contribution in [0.25, 0.3) is 22.5 Å². The van der Waals surface area contributed by atoms with Gasteiger partial charge in [0.25, 0.3) is 5.91 Å². The Morgan fingerprint density at radius 3 is 2.09 bits per heavy atom. The highest BCUT2D eigenvalue weighted by molar-refractivity contribution is 7.14. The van der Waals surface area contributed by atoms with E-state index < -0.39 is 42.2 Å². The van der Waals surface area contributed by atoms with E-state index in [9.17, 15) is 24.3 Å². The zero-order valence-corrected chi connectivity index (χ0v) is 33.8. The van der Waals surface area contributed by atoms with E-state index in [1.807, 2.05) is 54.6 Å². The van der Waals surface area contributed by atoms with Gasteiger partial charge >= 0.3 is 5.97 Å². The second kappa shape index (κ2) is 20.2. The number of aromatic nitrogens is 2. The third-order valence-electron chi connectivity index (χ3n) is 9.86. The van der Waals surface area contributed by atoms with Gasteiger partial charge in [0, 0.05) is 47.9 Å². The minimum Gasteiger partial charge on any atom is -0.494 e. The number of nitrogens with one attached hydrogen (secondary N) is 2. The van der Waals surface area contributed by atoms with E-state index in [-0.39, 0.29) is 11.8 Å². The van der Waals surface area contributed by atoms with E-state index in [2.05, 4.69) is 48.3 Å². The molecule has 3 N–H and O–H groups in total. The maximum absolute atomic E-state index is 13.9. The van der Waals surface area contributed by atoms with Gasteiger partial charge in [0.2, 0.25) is 11.8 Å². The summed E-state index contributed by atoms with van der Waals surface area (Å²) < 4.78 is 5.90. The number of benzene rings is 2. The normalized spacial score (nSPS) is 14.1. The minimum atomic E-state index is -1.26. The Labute approximate surface area is 334 Å². The second-order valence-electron chi connectivity index (χ2n) is 15.5. The summed E-state index contributed by atoms with van der Waals surface area (Å²) in [5, 5.41) is 15.2. The van der Waals surface area contributed by atoms with Crippen molar-refractivity contribution >= 4 is 35.0 Å². The van der Waals surface area contributed by atoms with Gasteiger partial charge in [0.1, 0.15) is 17.8 Å². The van der Waals surface area contributed by atoms with Crippen molar-refractivity contribution in [3.05, 3.63) is 88.4 Å². The van der Waals surface area contributed by atoms with E-state index >= 15 is 0 Å². The number of aliphatic carboxylic acids is 1. The number of carbonyl (C=O) groups excluding carboxylic acids is 3. The van der Waals surface area contributed by atoms with Gasteiger partial charge in [-0.15, -0.1) is 11.3 Å². The van der Waals surface area contributed by atoms with Gasteiger partial charge in [0.15, 0.2) is 5.82 Å².